The van der Waals surface area contributed by atoms with E-state index in [0.29, 0.717) is 35.2 Å². The Labute approximate surface area is 407 Å². The first-order valence-corrected chi connectivity index (χ1v) is 22.1. The SMILES string of the molecule is [2H]C([2H])(c1cc(CC(C)(C)c2ccc(-c3[c-]cccc3)nc2)cc(CC(C)(C)c2ccc(-c3[c-]cccc3)nc2)c1)C([2H])([2H])c1cnc(-c2[c-]ccc3c2oc2ccccc23)cc1-c1ccccc1.[Ir+3]. The Morgan fingerprint density at radius 1 is 0.515 bits per heavy atom. The average molecular weight is 1040 g/mol. The van der Waals surface area contributed by atoms with Gasteiger partial charge in [0.15, 0.2) is 0 Å². The van der Waals surface area contributed by atoms with Crippen LogP contribution in [0.2, 0.25) is 0 Å². The third-order valence-electron chi connectivity index (χ3n) is 12.3. The summed E-state index contributed by atoms with van der Waals surface area (Å²) in [5.74, 6) is 0. The molecule has 0 unspecified atom stereocenters. The molecule has 0 saturated heterocycles. The van der Waals surface area contributed by atoms with Crippen molar-refractivity contribution in [2.24, 2.45) is 0 Å². The summed E-state index contributed by atoms with van der Waals surface area (Å²) in [5.41, 5.74) is 10.7. The standard InChI is InChI=1S/C61H50N3O.Ir/c1-60(2,49-29-31-55(63-40-49)46-19-10-6-11-20-46)37-43-33-42(34-44(35-43)38-61(3,4)50-30-32-56(64-41-50)47-21-12-7-13-22-47)27-28-48-39-62-57(36-54(48)45-17-8-5-9-18-45)53-25-16-24-52-51-23-14-15-26-58(51)65-59(52)53;/h5-19,21,23-24,26,29-36,39-41H,27-28,37-38H2,1-4H3;/q-3;+3/i27D2,28D2;. The molecular weight excluding hydrogens is 983 g/mol. The van der Waals surface area contributed by atoms with Gasteiger partial charge in [0.05, 0.1) is 5.58 Å². The number of hydrogen-bond donors (Lipinski definition) is 0. The molecule has 0 N–H and O–H groups in total. The molecule has 10 aromatic rings. The van der Waals surface area contributed by atoms with E-state index in [1.807, 2.05) is 158 Å². The van der Waals surface area contributed by atoms with E-state index in [1.54, 1.807) is 0 Å². The number of aryl methyl sites for hydroxylation is 2. The average Bonchev–Trinajstić information content (AvgIpc) is 3.76. The Bertz CT molecular complexity index is 3320. The molecule has 5 heteroatoms. The summed E-state index contributed by atoms with van der Waals surface area (Å²) in [5, 5.41) is 1.91. The van der Waals surface area contributed by atoms with E-state index in [9.17, 15) is 5.48 Å². The predicted molar refractivity (Wildman–Crippen MR) is 266 cm³/mol. The molecule has 0 spiro atoms. The second-order valence-electron chi connectivity index (χ2n) is 18.0. The summed E-state index contributed by atoms with van der Waals surface area (Å²) in [6, 6.07) is 62.7. The fourth-order valence-corrected chi connectivity index (χ4v) is 8.84. The second-order valence-corrected chi connectivity index (χ2v) is 18.0. The van der Waals surface area contributed by atoms with Crippen LogP contribution in [0.3, 0.4) is 0 Å². The van der Waals surface area contributed by atoms with Gasteiger partial charge in [-0.3, -0.25) is 0 Å². The molecule has 4 aromatic heterocycles. The van der Waals surface area contributed by atoms with Crippen LogP contribution in [0.25, 0.3) is 66.8 Å². The Balaban J connectivity index is 0.00000608. The number of aromatic nitrogens is 3. The third-order valence-corrected chi connectivity index (χ3v) is 12.3. The zero-order valence-corrected chi connectivity index (χ0v) is 39.7. The van der Waals surface area contributed by atoms with Gasteiger partial charge in [-0.05, 0) is 104 Å². The summed E-state index contributed by atoms with van der Waals surface area (Å²) in [6.07, 6.45) is 1.32. The fourth-order valence-electron chi connectivity index (χ4n) is 8.84. The molecule has 10 rings (SSSR count). The topological polar surface area (TPSA) is 51.8 Å². The Hall–Kier alpha value is -6.78. The number of pyridine rings is 3. The first kappa shape index (κ1) is 39.6. The van der Waals surface area contributed by atoms with E-state index in [1.165, 1.54) is 6.20 Å². The maximum atomic E-state index is 9.97. The van der Waals surface area contributed by atoms with Crippen molar-refractivity contribution in [2.75, 3.05) is 0 Å². The monoisotopic (exact) mass is 1040 g/mol. The van der Waals surface area contributed by atoms with Crippen LogP contribution in [0.4, 0.5) is 0 Å². The second kappa shape index (κ2) is 19.0. The number of hydrogen-bond acceptors (Lipinski definition) is 4. The van der Waals surface area contributed by atoms with Gasteiger partial charge < -0.3 is 19.4 Å². The van der Waals surface area contributed by atoms with Crippen molar-refractivity contribution in [1.82, 2.24) is 15.0 Å². The number of benzene rings is 6. The van der Waals surface area contributed by atoms with E-state index in [4.69, 9.17) is 19.4 Å². The summed E-state index contributed by atoms with van der Waals surface area (Å²) >= 11 is 0. The summed E-state index contributed by atoms with van der Waals surface area (Å²) < 4.78 is 46.2. The molecule has 4 heterocycles. The molecule has 0 radical (unpaired) electrons. The minimum absolute atomic E-state index is 0. The van der Waals surface area contributed by atoms with E-state index >= 15 is 0 Å². The Morgan fingerprint density at radius 2 is 1.09 bits per heavy atom. The van der Waals surface area contributed by atoms with Crippen LogP contribution in [0.15, 0.2) is 187 Å². The van der Waals surface area contributed by atoms with Crippen LogP contribution >= 0.6 is 0 Å². The normalized spacial score (nSPS) is 13.1. The van der Waals surface area contributed by atoms with Crippen molar-refractivity contribution in [1.29, 1.82) is 0 Å². The van der Waals surface area contributed by atoms with Crippen LogP contribution in [-0.4, -0.2) is 15.0 Å². The number of fused-ring (bicyclic) bond motifs is 3. The predicted octanol–water partition coefficient (Wildman–Crippen LogP) is 14.7. The van der Waals surface area contributed by atoms with Gasteiger partial charge in [-0.2, -0.15) is 0 Å². The molecule has 0 bridgehead atoms. The van der Waals surface area contributed by atoms with Crippen molar-refractivity contribution >= 4 is 21.9 Å². The van der Waals surface area contributed by atoms with Gasteiger partial charge in [-0.1, -0.05) is 136 Å². The smallest absolute Gasteiger partial charge is 0.501 e. The number of rotatable bonds is 13. The summed E-state index contributed by atoms with van der Waals surface area (Å²) in [6.45, 7) is 8.68. The van der Waals surface area contributed by atoms with Crippen molar-refractivity contribution < 1.29 is 30.0 Å². The molecule has 0 saturated carbocycles. The number of furan rings is 1. The van der Waals surface area contributed by atoms with Gasteiger partial charge in [-0.25, -0.2) is 0 Å². The summed E-state index contributed by atoms with van der Waals surface area (Å²) in [4.78, 5) is 14.5. The molecule has 0 aliphatic rings. The minimum Gasteiger partial charge on any atom is -0.501 e. The zero-order valence-electron chi connectivity index (χ0n) is 41.3. The first-order valence-electron chi connectivity index (χ1n) is 24.1. The molecule has 0 amide bonds. The quantitative estimate of drug-likeness (QED) is 0.108. The molecule has 0 fully saturated rings. The van der Waals surface area contributed by atoms with Gasteiger partial charge in [0, 0.05) is 29.5 Å². The van der Waals surface area contributed by atoms with Crippen molar-refractivity contribution in [3.8, 4) is 44.9 Å². The van der Waals surface area contributed by atoms with Crippen LogP contribution in [-0.2, 0) is 56.5 Å². The van der Waals surface area contributed by atoms with Crippen LogP contribution in [0.5, 0.6) is 0 Å². The van der Waals surface area contributed by atoms with Crippen LogP contribution in [0.1, 0.15) is 66.6 Å². The maximum Gasteiger partial charge on any atom is 3.00 e. The van der Waals surface area contributed by atoms with E-state index in [2.05, 4.69) is 64.1 Å². The van der Waals surface area contributed by atoms with Gasteiger partial charge in [0.25, 0.3) is 0 Å². The van der Waals surface area contributed by atoms with Gasteiger partial charge >= 0.3 is 20.1 Å². The van der Waals surface area contributed by atoms with Gasteiger partial charge in [0.1, 0.15) is 5.58 Å². The van der Waals surface area contributed by atoms with Crippen molar-refractivity contribution in [3.05, 3.63) is 234 Å². The van der Waals surface area contributed by atoms with E-state index < -0.39 is 23.6 Å². The molecular formula is C61H50IrN3O. The molecule has 66 heavy (non-hydrogen) atoms. The zero-order chi connectivity index (χ0) is 48.0. The minimum atomic E-state index is -2.57. The molecule has 4 nitrogen and oxygen atoms in total. The largest absolute Gasteiger partial charge is 3.00 e. The van der Waals surface area contributed by atoms with Crippen molar-refractivity contribution in [3.63, 3.8) is 0 Å². The Morgan fingerprint density at radius 3 is 1.68 bits per heavy atom. The van der Waals surface area contributed by atoms with Gasteiger partial charge in [-0.15, -0.1) is 90.0 Å². The molecule has 324 valence electrons. The Kier molecular flexibility index (Phi) is 11.4. The molecule has 0 atom stereocenters. The first-order chi connectivity index (χ1) is 33.2. The third kappa shape index (κ3) is 9.47. The summed E-state index contributed by atoms with van der Waals surface area (Å²) in [7, 11) is 0. The van der Waals surface area contributed by atoms with Crippen LogP contribution < -0.4 is 0 Å². The maximum absolute atomic E-state index is 9.97. The molecule has 6 aromatic carbocycles. The number of para-hydroxylation sites is 1. The van der Waals surface area contributed by atoms with E-state index in [0.717, 1.165) is 66.7 Å². The molecule has 0 aliphatic heterocycles. The molecule has 0 aliphatic carbocycles. The van der Waals surface area contributed by atoms with Crippen LogP contribution in [0, 0.1) is 18.2 Å². The fraction of sp³-hybridized carbons (Fsp3) is 0.164. The van der Waals surface area contributed by atoms with Gasteiger partial charge in [0.2, 0.25) is 0 Å². The number of nitrogens with zero attached hydrogens (tertiary/aromatic N) is 3. The van der Waals surface area contributed by atoms with E-state index in [-0.39, 0.29) is 31.2 Å². The van der Waals surface area contributed by atoms with Crippen molar-refractivity contribution in [2.45, 2.75) is 64.1 Å².